The summed E-state index contributed by atoms with van der Waals surface area (Å²) in [6, 6.07) is 0. The van der Waals surface area contributed by atoms with Crippen LogP contribution >= 0.6 is 0 Å². The van der Waals surface area contributed by atoms with Crippen LogP contribution in [-0.4, -0.2) is 83.5 Å². The van der Waals surface area contributed by atoms with Crippen LogP contribution in [0.4, 0.5) is 0 Å². The summed E-state index contributed by atoms with van der Waals surface area (Å²) < 4.78 is 5.02. The highest BCUT2D eigenvalue weighted by Crippen LogP contribution is 2.25. The lowest BCUT2D eigenvalue weighted by atomic mass is 9.92. The van der Waals surface area contributed by atoms with E-state index >= 15 is 0 Å². The maximum atomic E-state index is 12.8. The molecule has 3 heterocycles. The lowest BCUT2D eigenvalue weighted by Gasteiger charge is -2.33. The molecule has 1 atom stereocenters. The Morgan fingerprint density at radius 1 is 1.31 bits per heavy atom. The predicted octanol–water partition coefficient (Wildman–Crippen LogP) is 0.569. The van der Waals surface area contributed by atoms with Crippen molar-refractivity contribution in [3.05, 3.63) is 11.7 Å². The zero-order chi connectivity index (χ0) is 18.7. The van der Waals surface area contributed by atoms with E-state index < -0.39 is 0 Å². The first-order valence-corrected chi connectivity index (χ1v) is 9.43. The molecule has 2 amide bonds. The monoisotopic (exact) mass is 363 g/mol. The van der Waals surface area contributed by atoms with Gasteiger partial charge < -0.3 is 19.2 Å². The van der Waals surface area contributed by atoms with Crippen LogP contribution in [0.2, 0.25) is 0 Å². The minimum absolute atomic E-state index is 0.104. The first kappa shape index (κ1) is 18.8. The first-order valence-electron chi connectivity index (χ1n) is 9.43. The molecule has 8 heteroatoms. The third-order valence-corrected chi connectivity index (χ3v) is 5.35. The van der Waals surface area contributed by atoms with Crippen LogP contribution in [0.25, 0.3) is 0 Å². The molecule has 0 bridgehead atoms. The number of rotatable bonds is 6. The molecule has 1 aromatic heterocycles. The van der Waals surface area contributed by atoms with Crippen molar-refractivity contribution in [2.75, 3.05) is 46.8 Å². The van der Waals surface area contributed by atoms with E-state index in [2.05, 4.69) is 15.0 Å². The molecule has 3 rings (SSSR count). The van der Waals surface area contributed by atoms with Crippen LogP contribution in [-0.2, 0) is 16.0 Å². The Bertz CT molecular complexity index is 637. The van der Waals surface area contributed by atoms with E-state index in [0.717, 1.165) is 44.7 Å². The van der Waals surface area contributed by atoms with Crippen LogP contribution < -0.4 is 0 Å². The molecule has 2 aliphatic rings. The number of amides is 2. The molecule has 0 radical (unpaired) electrons. The van der Waals surface area contributed by atoms with Crippen molar-refractivity contribution in [2.45, 2.75) is 32.6 Å². The number of nitrogens with zero attached hydrogens (tertiary/aromatic N) is 5. The summed E-state index contributed by atoms with van der Waals surface area (Å²) in [6.07, 6.45) is 3.06. The van der Waals surface area contributed by atoms with E-state index in [1.54, 1.807) is 6.92 Å². The van der Waals surface area contributed by atoms with Gasteiger partial charge in [0.25, 0.3) is 0 Å². The highest BCUT2D eigenvalue weighted by Gasteiger charge is 2.37. The molecule has 0 aliphatic carbocycles. The summed E-state index contributed by atoms with van der Waals surface area (Å²) in [5, 5.41) is 3.96. The van der Waals surface area contributed by atoms with Crippen LogP contribution in [0.15, 0.2) is 4.52 Å². The van der Waals surface area contributed by atoms with Crippen molar-refractivity contribution in [3.8, 4) is 0 Å². The van der Waals surface area contributed by atoms with Gasteiger partial charge in [0.15, 0.2) is 5.82 Å². The molecule has 0 N–H and O–H groups in total. The second-order valence-electron chi connectivity index (χ2n) is 7.75. The fourth-order valence-corrected chi connectivity index (χ4v) is 3.77. The smallest absolute Gasteiger partial charge is 0.227 e. The number of hydrogen-bond donors (Lipinski definition) is 0. The molecule has 0 aromatic carbocycles. The average molecular weight is 363 g/mol. The standard InChI is InChI=1S/C18H29N5O3/c1-13-19-16(20-26-13)10-14-4-6-22(7-5-14)18(25)15-11-17(24)23(12-15)9-8-21(2)3/h14-15H,4-12H2,1-3H3. The molecule has 26 heavy (non-hydrogen) atoms. The van der Waals surface area contributed by atoms with E-state index in [0.29, 0.717) is 31.3 Å². The van der Waals surface area contributed by atoms with Crippen LogP contribution in [0.5, 0.6) is 0 Å². The number of likely N-dealkylation sites (N-methyl/N-ethyl adjacent to an activating group) is 1. The first-order chi connectivity index (χ1) is 12.4. The summed E-state index contributed by atoms with van der Waals surface area (Å²) in [7, 11) is 3.98. The Morgan fingerprint density at radius 2 is 2.04 bits per heavy atom. The van der Waals surface area contributed by atoms with Crippen LogP contribution in [0, 0.1) is 18.8 Å². The van der Waals surface area contributed by atoms with Crippen molar-refractivity contribution < 1.29 is 14.1 Å². The lowest BCUT2D eigenvalue weighted by Crippen LogP contribution is -2.43. The van der Waals surface area contributed by atoms with Crippen LogP contribution in [0.1, 0.15) is 31.0 Å². The molecular weight excluding hydrogens is 334 g/mol. The zero-order valence-corrected chi connectivity index (χ0v) is 16.0. The summed E-state index contributed by atoms with van der Waals surface area (Å²) in [6.45, 7) is 5.39. The van der Waals surface area contributed by atoms with Crippen molar-refractivity contribution in [1.29, 1.82) is 0 Å². The summed E-state index contributed by atoms with van der Waals surface area (Å²) in [5.41, 5.74) is 0. The second-order valence-corrected chi connectivity index (χ2v) is 7.75. The van der Waals surface area contributed by atoms with Gasteiger partial charge in [-0.3, -0.25) is 9.59 Å². The molecule has 1 aromatic rings. The van der Waals surface area contributed by atoms with Gasteiger partial charge >= 0.3 is 0 Å². The van der Waals surface area contributed by atoms with Gasteiger partial charge in [0, 0.05) is 52.5 Å². The predicted molar refractivity (Wildman–Crippen MR) is 95.3 cm³/mol. The van der Waals surface area contributed by atoms with Crippen molar-refractivity contribution in [2.24, 2.45) is 11.8 Å². The molecule has 2 fully saturated rings. The highest BCUT2D eigenvalue weighted by atomic mass is 16.5. The van der Waals surface area contributed by atoms with Crippen molar-refractivity contribution in [3.63, 3.8) is 0 Å². The number of carbonyl (C=O) groups excluding carboxylic acids is 2. The van der Waals surface area contributed by atoms with Gasteiger partial charge in [0.05, 0.1) is 5.92 Å². The average Bonchev–Trinajstić information content (AvgIpc) is 3.18. The topological polar surface area (TPSA) is 82.8 Å². The van der Waals surface area contributed by atoms with E-state index in [4.69, 9.17) is 4.52 Å². The quantitative estimate of drug-likeness (QED) is 0.735. The Hall–Kier alpha value is -1.96. The summed E-state index contributed by atoms with van der Waals surface area (Å²) in [4.78, 5) is 35.0. The normalized spacial score (nSPS) is 21.8. The minimum Gasteiger partial charge on any atom is -0.342 e. The highest BCUT2D eigenvalue weighted by molar-refractivity contribution is 5.89. The van der Waals surface area contributed by atoms with E-state index in [9.17, 15) is 9.59 Å². The van der Waals surface area contributed by atoms with Gasteiger partial charge in [-0.05, 0) is 32.9 Å². The van der Waals surface area contributed by atoms with Crippen molar-refractivity contribution >= 4 is 11.8 Å². The molecule has 1 unspecified atom stereocenters. The Morgan fingerprint density at radius 3 is 2.65 bits per heavy atom. The third kappa shape index (κ3) is 4.60. The van der Waals surface area contributed by atoms with Gasteiger partial charge in [-0.1, -0.05) is 5.16 Å². The van der Waals surface area contributed by atoms with Gasteiger partial charge in [0.1, 0.15) is 0 Å². The van der Waals surface area contributed by atoms with Gasteiger partial charge in [0.2, 0.25) is 17.7 Å². The largest absolute Gasteiger partial charge is 0.342 e. The Labute approximate surface area is 154 Å². The number of hydrogen-bond acceptors (Lipinski definition) is 6. The Balaban J connectivity index is 1.45. The maximum Gasteiger partial charge on any atom is 0.227 e. The van der Waals surface area contributed by atoms with Gasteiger partial charge in [-0.25, -0.2) is 0 Å². The molecule has 2 aliphatic heterocycles. The summed E-state index contributed by atoms with van der Waals surface area (Å²) >= 11 is 0. The van der Waals surface area contributed by atoms with Gasteiger partial charge in [-0.15, -0.1) is 0 Å². The number of likely N-dealkylation sites (tertiary alicyclic amines) is 2. The third-order valence-electron chi connectivity index (χ3n) is 5.35. The number of piperidine rings is 1. The number of aromatic nitrogens is 2. The SMILES string of the molecule is Cc1nc(CC2CCN(C(=O)C3CC(=O)N(CCN(C)C)C3)CC2)no1. The maximum absolute atomic E-state index is 12.8. The minimum atomic E-state index is -0.180. The molecule has 8 nitrogen and oxygen atoms in total. The molecule has 0 saturated carbocycles. The fraction of sp³-hybridized carbons (Fsp3) is 0.778. The molecule has 144 valence electrons. The number of carbonyl (C=O) groups is 2. The fourth-order valence-electron chi connectivity index (χ4n) is 3.77. The summed E-state index contributed by atoms with van der Waals surface area (Å²) in [5.74, 6) is 1.90. The van der Waals surface area contributed by atoms with E-state index in [-0.39, 0.29) is 17.7 Å². The van der Waals surface area contributed by atoms with E-state index in [1.807, 2.05) is 23.9 Å². The van der Waals surface area contributed by atoms with Crippen LogP contribution in [0.3, 0.4) is 0 Å². The molecular formula is C18H29N5O3. The lowest BCUT2D eigenvalue weighted by molar-refractivity contribution is -0.137. The second kappa shape index (κ2) is 8.16. The van der Waals surface area contributed by atoms with E-state index in [1.165, 1.54) is 0 Å². The molecule has 0 spiro atoms. The Kier molecular flexibility index (Phi) is 5.90. The molecule has 2 saturated heterocycles. The van der Waals surface area contributed by atoms with Gasteiger partial charge in [-0.2, -0.15) is 4.98 Å². The number of aryl methyl sites for hydroxylation is 1. The zero-order valence-electron chi connectivity index (χ0n) is 16.0. The van der Waals surface area contributed by atoms with Crippen molar-refractivity contribution in [1.82, 2.24) is 24.8 Å².